The summed E-state index contributed by atoms with van der Waals surface area (Å²) in [5, 5.41) is 11.1. The van der Waals surface area contributed by atoms with Crippen molar-refractivity contribution in [1.29, 1.82) is 0 Å². The minimum atomic E-state index is -0.592. The number of benzene rings is 3. The first kappa shape index (κ1) is 22.2. The zero-order valence-corrected chi connectivity index (χ0v) is 19.2. The number of nitrogens with zero attached hydrogens (tertiary/aromatic N) is 3. The fraction of sp³-hybridized carbons (Fsp3) is 0.0870. The smallest absolute Gasteiger partial charge is 0.237 e. The predicted octanol–water partition coefficient (Wildman–Crippen LogP) is 6.09. The van der Waals surface area contributed by atoms with E-state index in [1.807, 2.05) is 34.9 Å². The van der Waals surface area contributed by atoms with Crippen molar-refractivity contribution in [3.05, 3.63) is 88.9 Å². The number of aromatic nitrogens is 3. The number of hydrogen-bond acceptors (Lipinski definition) is 4. The number of halogens is 3. The summed E-state index contributed by atoms with van der Waals surface area (Å²) in [5.41, 5.74) is 1.58. The van der Waals surface area contributed by atoms with Crippen LogP contribution in [0.2, 0.25) is 0 Å². The lowest BCUT2D eigenvalue weighted by Crippen LogP contribution is -2.23. The fourth-order valence-corrected chi connectivity index (χ4v) is 4.18. The van der Waals surface area contributed by atoms with Gasteiger partial charge in [0.05, 0.1) is 10.9 Å². The molecule has 0 saturated carbocycles. The van der Waals surface area contributed by atoms with E-state index < -0.39 is 11.1 Å². The molecular formula is C23H17BrF2N4OS. The molecule has 0 fully saturated rings. The van der Waals surface area contributed by atoms with Crippen LogP contribution in [0.15, 0.2) is 82.4 Å². The Morgan fingerprint density at radius 3 is 2.44 bits per heavy atom. The summed E-state index contributed by atoms with van der Waals surface area (Å²) in [6.45, 7) is 1.71. The molecule has 1 heterocycles. The van der Waals surface area contributed by atoms with Crippen molar-refractivity contribution in [1.82, 2.24) is 14.8 Å². The monoisotopic (exact) mass is 514 g/mol. The van der Waals surface area contributed by atoms with E-state index in [-0.39, 0.29) is 17.4 Å². The van der Waals surface area contributed by atoms with E-state index in [0.29, 0.717) is 21.0 Å². The number of carbonyl (C=O) groups is 1. The van der Waals surface area contributed by atoms with E-state index in [1.54, 1.807) is 25.1 Å². The molecule has 0 aliphatic heterocycles. The summed E-state index contributed by atoms with van der Waals surface area (Å²) < 4.78 is 29.9. The molecule has 0 aliphatic rings. The van der Waals surface area contributed by atoms with Crippen molar-refractivity contribution in [3.63, 3.8) is 0 Å². The van der Waals surface area contributed by atoms with Crippen LogP contribution < -0.4 is 5.32 Å². The fourth-order valence-electron chi connectivity index (χ4n) is 2.98. The Bertz CT molecular complexity index is 1250. The van der Waals surface area contributed by atoms with Crippen LogP contribution in [0.3, 0.4) is 0 Å². The minimum Gasteiger partial charge on any atom is -0.323 e. The highest BCUT2D eigenvalue weighted by molar-refractivity contribution is 9.10. The van der Waals surface area contributed by atoms with Crippen molar-refractivity contribution >= 4 is 39.3 Å². The number of thioether (sulfide) groups is 1. The highest BCUT2D eigenvalue weighted by atomic mass is 79.9. The summed E-state index contributed by atoms with van der Waals surface area (Å²) >= 11 is 4.39. The maximum Gasteiger partial charge on any atom is 0.237 e. The van der Waals surface area contributed by atoms with E-state index in [4.69, 9.17) is 0 Å². The summed E-state index contributed by atoms with van der Waals surface area (Å²) in [5.74, 6) is -0.733. The van der Waals surface area contributed by atoms with Gasteiger partial charge in [0.1, 0.15) is 11.6 Å². The second kappa shape index (κ2) is 9.62. The number of amides is 1. The molecule has 32 heavy (non-hydrogen) atoms. The van der Waals surface area contributed by atoms with Gasteiger partial charge in [-0.2, -0.15) is 0 Å². The number of carbonyl (C=O) groups excluding carboxylic acids is 1. The van der Waals surface area contributed by atoms with Gasteiger partial charge >= 0.3 is 0 Å². The first-order valence-electron chi connectivity index (χ1n) is 9.62. The van der Waals surface area contributed by atoms with Crippen molar-refractivity contribution in [2.75, 3.05) is 5.32 Å². The van der Waals surface area contributed by atoms with Gasteiger partial charge in [0.15, 0.2) is 11.0 Å². The molecule has 9 heteroatoms. The van der Waals surface area contributed by atoms with E-state index >= 15 is 0 Å². The minimum absolute atomic E-state index is 0.0992. The Morgan fingerprint density at radius 2 is 1.75 bits per heavy atom. The first-order chi connectivity index (χ1) is 15.4. The molecule has 1 unspecified atom stereocenters. The van der Waals surface area contributed by atoms with Crippen LogP contribution in [-0.2, 0) is 4.79 Å². The second-order valence-corrected chi connectivity index (χ2v) is 9.08. The Balaban J connectivity index is 1.63. The molecule has 5 nitrogen and oxygen atoms in total. The maximum absolute atomic E-state index is 14.1. The van der Waals surface area contributed by atoms with Gasteiger partial charge in [0, 0.05) is 15.7 Å². The SMILES string of the molecule is CC(Sc1nnc(-c2ccc(F)cc2)n1-c1ccccc1)C(=O)Nc1ccc(Br)cc1F. The lowest BCUT2D eigenvalue weighted by Gasteiger charge is -2.14. The van der Waals surface area contributed by atoms with Crippen LogP contribution in [0.1, 0.15) is 6.92 Å². The third kappa shape index (κ3) is 4.89. The highest BCUT2D eigenvalue weighted by Crippen LogP contribution is 2.31. The molecule has 4 rings (SSSR count). The van der Waals surface area contributed by atoms with E-state index in [1.165, 1.54) is 36.0 Å². The molecular weight excluding hydrogens is 498 g/mol. The third-order valence-electron chi connectivity index (χ3n) is 4.59. The Kier molecular flexibility index (Phi) is 6.66. The molecule has 0 spiro atoms. The zero-order valence-electron chi connectivity index (χ0n) is 16.8. The second-order valence-electron chi connectivity index (χ2n) is 6.86. The van der Waals surface area contributed by atoms with E-state index in [0.717, 1.165) is 5.69 Å². The summed E-state index contributed by atoms with van der Waals surface area (Å²) in [6.07, 6.45) is 0. The van der Waals surface area contributed by atoms with Gasteiger partial charge in [0.2, 0.25) is 5.91 Å². The van der Waals surface area contributed by atoms with Gasteiger partial charge in [-0.15, -0.1) is 10.2 Å². The summed E-state index contributed by atoms with van der Waals surface area (Å²) in [6, 6.07) is 19.8. The Hall–Kier alpha value is -3.04. The zero-order chi connectivity index (χ0) is 22.7. The molecule has 0 bridgehead atoms. The van der Waals surface area contributed by atoms with Gasteiger partial charge in [-0.1, -0.05) is 45.9 Å². The maximum atomic E-state index is 14.1. The number of hydrogen-bond donors (Lipinski definition) is 1. The largest absolute Gasteiger partial charge is 0.323 e. The van der Waals surface area contributed by atoms with Gasteiger partial charge in [0.25, 0.3) is 0 Å². The average molecular weight is 515 g/mol. The van der Waals surface area contributed by atoms with Crippen LogP contribution in [0.25, 0.3) is 17.1 Å². The van der Waals surface area contributed by atoms with Crippen LogP contribution in [0.5, 0.6) is 0 Å². The Labute approximate surface area is 196 Å². The molecule has 1 atom stereocenters. The Morgan fingerprint density at radius 1 is 1.03 bits per heavy atom. The van der Waals surface area contributed by atoms with Crippen molar-refractivity contribution in [2.24, 2.45) is 0 Å². The van der Waals surface area contributed by atoms with E-state index in [9.17, 15) is 13.6 Å². The molecule has 1 aromatic heterocycles. The van der Waals surface area contributed by atoms with Crippen LogP contribution in [-0.4, -0.2) is 25.9 Å². The van der Waals surface area contributed by atoms with Crippen molar-refractivity contribution in [3.8, 4) is 17.1 Å². The molecule has 0 saturated heterocycles. The average Bonchev–Trinajstić information content (AvgIpc) is 3.20. The molecule has 0 aliphatic carbocycles. The standard InChI is InChI=1S/C23H17BrF2N4OS/c1-14(22(31)27-20-12-9-16(24)13-19(20)26)32-23-29-28-21(15-7-10-17(25)11-8-15)30(23)18-5-3-2-4-6-18/h2-14H,1H3,(H,27,31). The van der Waals surface area contributed by atoms with Crippen LogP contribution in [0.4, 0.5) is 14.5 Å². The molecule has 4 aromatic rings. The number of anilines is 1. The third-order valence-corrected chi connectivity index (χ3v) is 6.13. The first-order valence-corrected chi connectivity index (χ1v) is 11.3. The van der Waals surface area contributed by atoms with Gasteiger partial charge in [-0.25, -0.2) is 8.78 Å². The van der Waals surface area contributed by atoms with Crippen LogP contribution >= 0.6 is 27.7 Å². The highest BCUT2D eigenvalue weighted by Gasteiger charge is 2.22. The molecule has 162 valence electrons. The summed E-state index contributed by atoms with van der Waals surface area (Å²) in [4.78, 5) is 12.7. The van der Waals surface area contributed by atoms with Crippen molar-refractivity contribution < 1.29 is 13.6 Å². The van der Waals surface area contributed by atoms with Crippen LogP contribution in [0, 0.1) is 11.6 Å². The predicted molar refractivity (Wildman–Crippen MR) is 125 cm³/mol. The van der Waals surface area contributed by atoms with Crippen molar-refractivity contribution in [2.45, 2.75) is 17.3 Å². The molecule has 3 aromatic carbocycles. The molecule has 1 N–H and O–H groups in total. The topological polar surface area (TPSA) is 59.8 Å². The van der Waals surface area contributed by atoms with Gasteiger partial charge < -0.3 is 5.32 Å². The molecule has 0 radical (unpaired) electrons. The number of rotatable bonds is 6. The normalized spacial score (nSPS) is 11.9. The molecule has 1 amide bonds. The summed E-state index contributed by atoms with van der Waals surface area (Å²) in [7, 11) is 0. The quantitative estimate of drug-likeness (QED) is 0.316. The number of nitrogens with one attached hydrogen (secondary N) is 1. The lowest BCUT2D eigenvalue weighted by molar-refractivity contribution is -0.115. The van der Waals surface area contributed by atoms with Gasteiger partial charge in [-0.3, -0.25) is 9.36 Å². The lowest BCUT2D eigenvalue weighted by atomic mass is 10.2. The van der Waals surface area contributed by atoms with E-state index in [2.05, 4.69) is 31.4 Å². The van der Waals surface area contributed by atoms with Gasteiger partial charge in [-0.05, 0) is 61.5 Å². The number of para-hydroxylation sites is 1.